The van der Waals surface area contributed by atoms with Crippen molar-refractivity contribution in [3.05, 3.63) is 54.1 Å². The first-order chi connectivity index (χ1) is 9.42. The van der Waals surface area contributed by atoms with E-state index in [-0.39, 0.29) is 5.75 Å². The standard InChI is InChI=1S/C13H10F4N2O/c14-12-6-3-10(8-19-12)18-7-9-1-4-11(5-2-9)20-13(15,16)17/h1-6,8,18H,7H2. The molecule has 0 spiro atoms. The zero-order valence-corrected chi connectivity index (χ0v) is 10.1. The molecule has 7 heteroatoms. The van der Waals surface area contributed by atoms with Crippen molar-refractivity contribution in [2.75, 3.05) is 5.32 Å². The van der Waals surface area contributed by atoms with E-state index in [2.05, 4.69) is 15.0 Å². The van der Waals surface area contributed by atoms with Crippen LogP contribution in [0.4, 0.5) is 23.2 Å². The summed E-state index contributed by atoms with van der Waals surface area (Å²) in [5.41, 5.74) is 1.37. The number of ether oxygens (including phenoxy) is 1. The van der Waals surface area contributed by atoms with Crippen LogP contribution in [0.3, 0.4) is 0 Å². The second-order valence-electron chi connectivity index (χ2n) is 3.91. The molecule has 2 rings (SSSR count). The van der Waals surface area contributed by atoms with Gasteiger partial charge in [0.05, 0.1) is 11.9 Å². The topological polar surface area (TPSA) is 34.1 Å². The summed E-state index contributed by atoms with van der Waals surface area (Å²) in [6.07, 6.45) is -3.37. The van der Waals surface area contributed by atoms with Gasteiger partial charge in [-0.3, -0.25) is 0 Å². The van der Waals surface area contributed by atoms with Crippen LogP contribution >= 0.6 is 0 Å². The Morgan fingerprint density at radius 1 is 1.05 bits per heavy atom. The highest BCUT2D eigenvalue weighted by Gasteiger charge is 2.30. The van der Waals surface area contributed by atoms with Crippen LogP contribution in [0.15, 0.2) is 42.6 Å². The second kappa shape index (κ2) is 5.77. The van der Waals surface area contributed by atoms with Crippen molar-refractivity contribution < 1.29 is 22.3 Å². The number of aromatic nitrogens is 1. The van der Waals surface area contributed by atoms with Gasteiger partial charge in [-0.1, -0.05) is 12.1 Å². The number of halogens is 4. The van der Waals surface area contributed by atoms with E-state index in [9.17, 15) is 17.6 Å². The Balaban J connectivity index is 1.92. The molecule has 0 aliphatic carbocycles. The van der Waals surface area contributed by atoms with Crippen LogP contribution in [0.5, 0.6) is 5.75 Å². The second-order valence-corrected chi connectivity index (χ2v) is 3.91. The molecule has 20 heavy (non-hydrogen) atoms. The van der Waals surface area contributed by atoms with Crippen LogP contribution in [0.25, 0.3) is 0 Å². The molecule has 0 radical (unpaired) electrons. The molecular weight excluding hydrogens is 276 g/mol. The largest absolute Gasteiger partial charge is 0.573 e. The van der Waals surface area contributed by atoms with Crippen molar-refractivity contribution in [2.45, 2.75) is 12.9 Å². The molecule has 0 unspecified atom stereocenters. The van der Waals surface area contributed by atoms with Crippen LogP contribution in [0, 0.1) is 5.95 Å². The van der Waals surface area contributed by atoms with E-state index in [0.717, 1.165) is 5.56 Å². The number of hydrogen-bond acceptors (Lipinski definition) is 3. The fraction of sp³-hybridized carbons (Fsp3) is 0.154. The summed E-state index contributed by atoms with van der Waals surface area (Å²) in [5, 5.41) is 2.96. The van der Waals surface area contributed by atoms with E-state index in [4.69, 9.17) is 0 Å². The Morgan fingerprint density at radius 2 is 1.75 bits per heavy atom. The summed E-state index contributed by atoms with van der Waals surface area (Å²) in [5.74, 6) is -0.853. The van der Waals surface area contributed by atoms with Crippen LogP contribution in [0.1, 0.15) is 5.56 Å². The van der Waals surface area contributed by atoms with E-state index < -0.39 is 12.3 Å². The monoisotopic (exact) mass is 286 g/mol. The molecule has 1 heterocycles. The smallest absolute Gasteiger partial charge is 0.406 e. The minimum absolute atomic E-state index is 0.273. The van der Waals surface area contributed by atoms with Gasteiger partial charge in [0, 0.05) is 6.54 Å². The maximum absolute atomic E-state index is 12.6. The summed E-state index contributed by atoms with van der Waals surface area (Å²) < 4.78 is 52.3. The van der Waals surface area contributed by atoms with Gasteiger partial charge in [0.1, 0.15) is 5.75 Å². The summed E-state index contributed by atoms with van der Waals surface area (Å²) in [6.45, 7) is 0.375. The third-order valence-corrected chi connectivity index (χ3v) is 2.38. The predicted octanol–water partition coefficient (Wildman–Crippen LogP) is 3.73. The van der Waals surface area contributed by atoms with Crippen LogP contribution in [-0.2, 0) is 6.54 Å². The first-order valence-electron chi connectivity index (χ1n) is 5.62. The molecule has 0 saturated heterocycles. The first kappa shape index (κ1) is 14.1. The summed E-state index contributed by atoms with van der Waals surface area (Å²) in [7, 11) is 0. The molecule has 106 valence electrons. The number of alkyl halides is 3. The van der Waals surface area contributed by atoms with E-state index in [1.54, 1.807) is 0 Å². The fourth-order valence-electron chi connectivity index (χ4n) is 1.49. The van der Waals surface area contributed by atoms with Gasteiger partial charge in [-0.15, -0.1) is 13.2 Å². The van der Waals surface area contributed by atoms with E-state index in [1.807, 2.05) is 0 Å². The zero-order chi connectivity index (χ0) is 14.6. The number of nitrogens with one attached hydrogen (secondary N) is 1. The average molecular weight is 286 g/mol. The fourth-order valence-corrected chi connectivity index (χ4v) is 1.49. The molecule has 2 aromatic rings. The average Bonchev–Trinajstić information content (AvgIpc) is 2.38. The van der Waals surface area contributed by atoms with Crippen molar-refractivity contribution in [3.8, 4) is 5.75 Å². The normalized spacial score (nSPS) is 11.2. The van der Waals surface area contributed by atoms with Crippen molar-refractivity contribution >= 4 is 5.69 Å². The maximum atomic E-state index is 12.6. The van der Waals surface area contributed by atoms with Gasteiger partial charge in [0.25, 0.3) is 0 Å². The Labute approximate surface area is 112 Å². The quantitative estimate of drug-likeness (QED) is 0.687. The highest BCUT2D eigenvalue weighted by molar-refractivity contribution is 5.41. The lowest BCUT2D eigenvalue weighted by molar-refractivity contribution is -0.274. The van der Waals surface area contributed by atoms with Crippen molar-refractivity contribution in [1.29, 1.82) is 0 Å². The van der Waals surface area contributed by atoms with Gasteiger partial charge in [0.15, 0.2) is 0 Å². The molecule has 0 atom stereocenters. The lowest BCUT2D eigenvalue weighted by Gasteiger charge is -2.10. The molecule has 0 fully saturated rings. The minimum atomic E-state index is -4.69. The van der Waals surface area contributed by atoms with Crippen LogP contribution in [-0.4, -0.2) is 11.3 Å². The number of hydrogen-bond donors (Lipinski definition) is 1. The van der Waals surface area contributed by atoms with E-state index in [0.29, 0.717) is 12.2 Å². The van der Waals surface area contributed by atoms with Crippen molar-refractivity contribution in [2.24, 2.45) is 0 Å². The Morgan fingerprint density at radius 3 is 2.30 bits per heavy atom. The molecule has 1 aromatic heterocycles. The lowest BCUT2D eigenvalue weighted by Crippen LogP contribution is -2.17. The molecule has 0 aliphatic heterocycles. The third-order valence-electron chi connectivity index (χ3n) is 2.38. The highest BCUT2D eigenvalue weighted by atomic mass is 19.4. The number of benzene rings is 1. The van der Waals surface area contributed by atoms with Crippen molar-refractivity contribution in [1.82, 2.24) is 4.98 Å². The predicted molar refractivity (Wildman–Crippen MR) is 64.6 cm³/mol. The number of rotatable bonds is 4. The number of anilines is 1. The third kappa shape index (κ3) is 4.42. The summed E-state index contributed by atoms with van der Waals surface area (Å²) in [6, 6.07) is 8.20. The Hall–Kier alpha value is -2.31. The minimum Gasteiger partial charge on any atom is -0.406 e. The highest BCUT2D eigenvalue weighted by Crippen LogP contribution is 2.22. The number of nitrogens with zero attached hydrogens (tertiary/aromatic N) is 1. The van der Waals surface area contributed by atoms with Crippen molar-refractivity contribution in [3.63, 3.8) is 0 Å². The Bertz CT molecular complexity index is 552. The van der Waals surface area contributed by atoms with E-state index >= 15 is 0 Å². The number of pyridine rings is 1. The first-order valence-corrected chi connectivity index (χ1v) is 5.62. The van der Waals surface area contributed by atoms with Gasteiger partial charge in [-0.25, -0.2) is 4.98 Å². The Kier molecular flexibility index (Phi) is 4.07. The molecule has 0 bridgehead atoms. The summed E-state index contributed by atoms with van der Waals surface area (Å²) in [4.78, 5) is 3.47. The van der Waals surface area contributed by atoms with Crippen LogP contribution in [0.2, 0.25) is 0 Å². The van der Waals surface area contributed by atoms with Crippen LogP contribution < -0.4 is 10.1 Å². The lowest BCUT2D eigenvalue weighted by atomic mass is 10.2. The van der Waals surface area contributed by atoms with Gasteiger partial charge >= 0.3 is 6.36 Å². The molecule has 3 nitrogen and oxygen atoms in total. The SMILES string of the molecule is Fc1ccc(NCc2ccc(OC(F)(F)F)cc2)cn1. The molecule has 1 N–H and O–H groups in total. The van der Waals surface area contributed by atoms with Gasteiger partial charge < -0.3 is 10.1 Å². The molecule has 0 saturated carbocycles. The maximum Gasteiger partial charge on any atom is 0.573 e. The molecule has 0 amide bonds. The molecule has 0 aliphatic rings. The summed E-state index contributed by atoms with van der Waals surface area (Å²) >= 11 is 0. The molecular formula is C13H10F4N2O. The zero-order valence-electron chi connectivity index (χ0n) is 10.1. The van der Waals surface area contributed by atoms with E-state index in [1.165, 1.54) is 42.6 Å². The van der Waals surface area contributed by atoms with Gasteiger partial charge in [0.2, 0.25) is 5.95 Å². The molecule has 1 aromatic carbocycles. The van der Waals surface area contributed by atoms with Gasteiger partial charge in [-0.05, 0) is 29.8 Å². The van der Waals surface area contributed by atoms with Gasteiger partial charge in [-0.2, -0.15) is 4.39 Å².